The third-order valence-electron chi connectivity index (χ3n) is 4.55. The minimum absolute atomic E-state index is 0. The first-order valence-electron chi connectivity index (χ1n) is 9.75. The number of nitrogens with zero attached hydrogens (tertiary/aromatic N) is 3. The van der Waals surface area contributed by atoms with Gasteiger partial charge in [0.25, 0.3) is 0 Å². The fourth-order valence-corrected chi connectivity index (χ4v) is 3.25. The van der Waals surface area contributed by atoms with Gasteiger partial charge in [0.1, 0.15) is 5.82 Å². The summed E-state index contributed by atoms with van der Waals surface area (Å²) in [6.45, 7) is 7.59. The number of hydrogen-bond donors (Lipinski definition) is 2. The molecule has 6 nitrogen and oxygen atoms in total. The van der Waals surface area contributed by atoms with Gasteiger partial charge in [0, 0.05) is 32.5 Å². The third kappa shape index (κ3) is 8.70. The van der Waals surface area contributed by atoms with Crippen LogP contribution < -0.4 is 10.6 Å². The second-order valence-electron chi connectivity index (χ2n) is 7.23. The Bertz CT molecular complexity index is 510. The van der Waals surface area contributed by atoms with E-state index in [4.69, 9.17) is 4.74 Å². The number of halogens is 1. The van der Waals surface area contributed by atoms with Gasteiger partial charge in [-0.3, -0.25) is 4.99 Å². The largest absolute Gasteiger partial charge is 0.376 e. The Morgan fingerprint density at radius 2 is 2.00 bits per heavy atom. The molecular formula is C19H36IN5O. The standard InChI is InChI=1S/C19H35N5O.HI/c1-16(2)15-24-12-10-21-18(24)14-23-19(20-3)22-11-13-25-17-8-6-4-5-7-9-17;/h10,12,16-17H,4-9,11,13-15H2,1-3H3,(H2,20,22,23);1H. The van der Waals surface area contributed by atoms with Crippen molar-refractivity contribution in [2.45, 2.75) is 71.6 Å². The highest BCUT2D eigenvalue weighted by Crippen LogP contribution is 2.19. The SMILES string of the molecule is CN=C(NCCOC1CCCCCC1)NCc1nccn1CC(C)C.I. The predicted molar refractivity (Wildman–Crippen MR) is 118 cm³/mol. The second-order valence-corrected chi connectivity index (χ2v) is 7.23. The highest BCUT2D eigenvalue weighted by molar-refractivity contribution is 14.0. The van der Waals surface area contributed by atoms with E-state index in [-0.39, 0.29) is 24.0 Å². The molecule has 150 valence electrons. The van der Waals surface area contributed by atoms with Crippen molar-refractivity contribution in [3.05, 3.63) is 18.2 Å². The quantitative estimate of drug-likeness (QED) is 0.198. The number of hydrogen-bond acceptors (Lipinski definition) is 3. The number of aliphatic imine (C=N–C) groups is 1. The highest BCUT2D eigenvalue weighted by atomic mass is 127. The van der Waals surface area contributed by atoms with E-state index in [9.17, 15) is 0 Å². The lowest BCUT2D eigenvalue weighted by Crippen LogP contribution is -2.39. The van der Waals surface area contributed by atoms with Crippen LogP contribution in [-0.4, -0.2) is 41.8 Å². The second kappa shape index (κ2) is 13.4. The molecule has 0 bridgehead atoms. The molecule has 7 heteroatoms. The molecule has 1 saturated carbocycles. The molecule has 0 unspecified atom stereocenters. The molecule has 1 aliphatic carbocycles. The zero-order valence-electron chi connectivity index (χ0n) is 16.5. The van der Waals surface area contributed by atoms with Crippen LogP contribution in [0.1, 0.15) is 58.2 Å². The van der Waals surface area contributed by atoms with Crippen LogP contribution >= 0.6 is 24.0 Å². The van der Waals surface area contributed by atoms with E-state index < -0.39 is 0 Å². The number of aromatic nitrogens is 2. The summed E-state index contributed by atoms with van der Waals surface area (Å²) in [5, 5.41) is 6.66. The van der Waals surface area contributed by atoms with Crippen LogP contribution in [0.2, 0.25) is 0 Å². The molecule has 1 aromatic rings. The molecule has 2 rings (SSSR count). The summed E-state index contributed by atoms with van der Waals surface area (Å²) in [6, 6.07) is 0. The number of rotatable bonds is 8. The molecule has 2 N–H and O–H groups in total. The van der Waals surface area contributed by atoms with Crippen molar-refractivity contribution in [3.63, 3.8) is 0 Å². The van der Waals surface area contributed by atoms with E-state index >= 15 is 0 Å². The molecule has 1 aliphatic rings. The van der Waals surface area contributed by atoms with Crippen molar-refractivity contribution in [2.75, 3.05) is 20.2 Å². The summed E-state index contributed by atoms with van der Waals surface area (Å²) >= 11 is 0. The van der Waals surface area contributed by atoms with Crippen LogP contribution in [0, 0.1) is 5.92 Å². The zero-order valence-corrected chi connectivity index (χ0v) is 18.9. The maximum atomic E-state index is 6.01. The Morgan fingerprint density at radius 1 is 1.27 bits per heavy atom. The van der Waals surface area contributed by atoms with Crippen LogP contribution in [0.3, 0.4) is 0 Å². The molecule has 26 heavy (non-hydrogen) atoms. The first kappa shape index (κ1) is 23.2. The first-order valence-corrected chi connectivity index (χ1v) is 9.75. The molecule has 1 heterocycles. The third-order valence-corrected chi connectivity index (χ3v) is 4.55. The lowest BCUT2D eigenvalue weighted by molar-refractivity contribution is 0.0468. The number of ether oxygens (including phenoxy) is 1. The number of guanidine groups is 1. The highest BCUT2D eigenvalue weighted by Gasteiger charge is 2.12. The van der Waals surface area contributed by atoms with Gasteiger partial charge < -0.3 is 19.9 Å². The molecular weight excluding hydrogens is 441 g/mol. The van der Waals surface area contributed by atoms with Crippen LogP contribution in [0.4, 0.5) is 0 Å². The summed E-state index contributed by atoms with van der Waals surface area (Å²) in [5.41, 5.74) is 0. The van der Waals surface area contributed by atoms with Crippen LogP contribution in [0.5, 0.6) is 0 Å². The topological polar surface area (TPSA) is 63.5 Å². The monoisotopic (exact) mass is 477 g/mol. The fourth-order valence-electron chi connectivity index (χ4n) is 3.25. The Kier molecular flexibility index (Phi) is 11.9. The van der Waals surface area contributed by atoms with Gasteiger partial charge in [-0.2, -0.15) is 0 Å². The summed E-state index contributed by atoms with van der Waals surface area (Å²) in [6.07, 6.45) is 12.1. The average Bonchev–Trinajstić information content (AvgIpc) is 2.86. The van der Waals surface area contributed by atoms with Gasteiger partial charge >= 0.3 is 0 Å². The fraction of sp³-hybridized carbons (Fsp3) is 0.789. The zero-order chi connectivity index (χ0) is 17.9. The lowest BCUT2D eigenvalue weighted by atomic mass is 10.1. The normalized spacial score (nSPS) is 16.2. The van der Waals surface area contributed by atoms with Crippen LogP contribution in [0.25, 0.3) is 0 Å². The summed E-state index contributed by atoms with van der Waals surface area (Å²) in [7, 11) is 1.79. The maximum Gasteiger partial charge on any atom is 0.191 e. The Balaban J connectivity index is 0.00000338. The van der Waals surface area contributed by atoms with Gasteiger partial charge in [0.2, 0.25) is 0 Å². The maximum absolute atomic E-state index is 6.01. The number of imidazole rings is 1. The summed E-state index contributed by atoms with van der Waals surface area (Å²) < 4.78 is 8.20. The molecule has 0 spiro atoms. The van der Waals surface area contributed by atoms with Crippen LogP contribution in [0.15, 0.2) is 17.4 Å². The smallest absolute Gasteiger partial charge is 0.191 e. The molecule has 0 radical (unpaired) electrons. The van der Waals surface area contributed by atoms with Crippen molar-refractivity contribution < 1.29 is 4.74 Å². The molecule has 0 aromatic carbocycles. The molecule has 0 saturated heterocycles. The minimum Gasteiger partial charge on any atom is -0.376 e. The van der Waals surface area contributed by atoms with E-state index in [2.05, 4.69) is 39.0 Å². The van der Waals surface area contributed by atoms with Crippen molar-refractivity contribution in [1.82, 2.24) is 20.2 Å². The first-order chi connectivity index (χ1) is 12.2. The van der Waals surface area contributed by atoms with Gasteiger partial charge in [0.15, 0.2) is 5.96 Å². The van der Waals surface area contributed by atoms with Gasteiger partial charge in [-0.1, -0.05) is 39.5 Å². The van der Waals surface area contributed by atoms with E-state index in [0.717, 1.165) is 31.5 Å². The van der Waals surface area contributed by atoms with E-state index in [1.165, 1.54) is 38.5 Å². The average molecular weight is 477 g/mol. The Hall–Kier alpha value is -0.830. The Labute approximate surface area is 175 Å². The van der Waals surface area contributed by atoms with E-state index in [1.807, 2.05) is 12.4 Å². The van der Waals surface area contributed by atoms with Gasteiger partial charge in [0.05, 0.1) is 19.3 Å². The summed E-state index contributed by atoms with van der Waals surface area (Å²) in [5.74, 6) is 2.43. The van der Waals surface area contributed by atoms with Gasteiger partial charge in [-0.25, -0.2) is 4.98 Å². The molecule has 1 fully saturated rings. The van der Waals surface area contributed by atoms with Gasteiger partial charge in [-0.15, -0.1) is 24.0 Å². The van der Waals surface area contributed by atoms with E-state index in [1.54, 1.807) is 7.05 Å². The predicted octanol–water partition coefficient (Wildman–Crippen LogP) is 3.56. The molecule has 0 aliphatic heterocycles. The van der Waals surface area contributed by atoms with E-state index in [0.29, 0.717) is 18.6 Å². The molecule has 0 amide bonds. The van der Waals surface area contributed by atoms with Crippen molar-refractivity contribution in [3.8, 4) is 0 Å². The Morgan fingerprint density at radius 3 is 2.65 bits per heavy atom. The van der Waals surface area contributed by atoms with Gasteiger partial charge in [-0.05, 0) is 18.8 Å². The summed E-state index contributed by atoms with van der Waals surface area (Å²) in [4.78, 5) is 8.71. The van der Waals surface area contributed by atoms with Crippen molar-refractivity contribution in [1.29, 1.82) is 0 Å². The number of nitrogens with one attached hydrogen (secondary N) is 2. The lowest BCUT2D eigenvalue weighted by Gasteiger charge is -2.17. The van der Waals surface area contributed by atoms with Crippen LogP contribution in [-0.2, 0) is 17.8 Å². The minimum atomic E-state index is 0. The molecule has 0 atom stereocenters. The molecule has 1 aromatic heterocycles. The van der Waals surface area contributed by atoms with Crippen molar-refractivity contribution >= 4 is 29.9 Å². The van der Waals surface area contributed by atoms with Crippen molar-refractivity contribution in [2.24, 2.45) is 10.9 Å².